The molecule has 2 aliphatic carbocycles. The smallest absolute Gasteiger partial charge is 0.418 e. The van der Waals surface area contributed by atoms with E-state index >= 15 is 8.78 Å². The van der Waals surface area contributed by atoms with Gasteiger partial charge in [-0.2, -0.15) is 0 Å². The van der Waals surface area contributed by atoms with Gasteiger partial charge in [-0.05, 0) is 101 Å². The minimum absolute atomic E-state index is 0.0105. The van der Waals surface area contributed by atoms with Crippen molar-refractivity contribution in [2.45, 2.75) is 98.0 Å². The predicted octanol–water partition coefficient (Wildman–Crippen LogP) is 10.1. The second kappa shape index (κ2) is 25.2. The molecule has 27 heteroatoms. The van der Waals surface area contributed by atoms with Gasteiger partial charge in [-0.1, -0.05) is 78.7 Å². The van der Waals surface area contributed by atoms with Crippen molar-refractivity contribution in [3.05, 3.63) is 112 Å². The lowest BCUT2D eigenvalue weighted by atomic mass is 9.86. The Balaban J connectivity index is 0.000000257. The Morgan fingerprint density at radius 3 is 1.78 bits per heavy atom. The SMILES string of the molecule is C#CCO.C#CCOc1cnc(/C(F)=C/c2ccc(F)c([C@@]3(C)N=C(N)S[C@@]4(S(C)(=O)=O)C[C@H]43)c2)cn1.CC(C)(C)OC(=O)N(COCC[Si](C)(C)C)C1=N[C@](C)(c2cc(/C=C(\F)c3cnc(Cl)cn3)ccc2F)[C@@H]2C[C@]2(S(C)(=O)=O)S1. The minimum atomic E-state index is -3.74. The molecule has 2 saturated carbocycles. The molecule has 0 saturated heterocycles. The number of terminal acetylenes is 2. The number of amidine groups is 2. The Hall–Kier alpha value is -5.84. The molecule has 2 aliphatic heterocycles. The van der Waals surface area contributed by atoms with Crippen LogP contribution in [0.2, 0.25) is 30.8 Å². The quantitative estimate of drug-likeness (QED) is 0.0370. The first-order chi connectivity index (χ1) is 38.1. The van der Waals surface area contributed by atoms with Crippen LogP contribution in [0, 0.1) is 48.2 Å². The third-order valence-electron chi connectivity index (χ3n) is 13.4. The Morgan fingerprint density at radius 2 is 1.34 bits per heavy atom. The monoisotopic (exact) mass is 1250 g/mol. The van der Waals surface area contributed by atoms with Crippen LogP contribution in [0.15, 0.2) is 71.2 Å². The number of ether oxygens (including phenoxy) is 3. The van der Waals surface area contributed by atoms with E-state index in [0.29, 0.717) is 24.2 Å². The number of thioether (sulfide) groups is 2. The number of sulfone groups is 2. The van der Waals surface area contributed by atoms with Gasteiger partial charge in [-0.3, -0.25) is 9.98 Å². The Bertz CT molecular complexity index is 3520. The zero-order valence-corrected chi connectivity index (χ0v) is 51.7. The maximum Gasteiger partial charge on any atom is 0.418 e. The average Bonchev–Trinajstić information content (AvgIpc) is 3.71. The second-order valence-corrected chi connectivity index (χ2v) is 35.8. The van der Waals surface area contributed by atoms with Gasteiger partial charge in [0.05, 0.1) is 35.9 Å². The van der Waals surface area contributed by atoms with Crippen molar-refractivity contribution in [1.29, 1.82) is 0 Å². The van der Waals surface area contributed by atoms with Crippen molar-refractivity contribution in [2.24, 2.45) is 27.6 Å². The third kappa shape index (κ3) is 15.1. The fraction of sp³-hybridized carbons (Fsp3) is 0.436. The summed E-state index contributed by atoms with van der Waals surface area (Å²) in [6.45, 7) is 15.0. The fourth-order valence-corrected chi connectivity index (χ4v) is 16.6. The number of hydrogen-bond acceptors (Lipinski definition) is 18. The van der Waals surface area contributed by atoms with Crippen LogP contribution in [0.25, 0.3) is 23.8 Å². The minimum Gasteiger partial charge on any atom is -0.463 e. The number of hydrogen-bond donors (Lipinski definition) is 2. The maximum absolute atomic E-state index is 15.7. The van der Waals surface area contributed by atoms with E-state index < -0.39 is 93.8 Å². The number of rotatable bonds is 15. The molecular weight excluding hydrogens is 1180 g/mol. The summed E-state index contributed by atoms with van der Waals surface area (Å²) in [7, 11) is -8.67. The molecule has 4 heterocycles. The van der Waals surface area contributed by atoms with E-state index in [1.807, 2.05) is 5.92 Å². The number of benzene rings is 2. The van der Waals surface area contributed by atoms with Crippen molar-refractivity contribution in [3.8, 4) is 30.6 Å². The summed E-state index contributed by atoms with van der Waals surface area (Å²) in [4.78, 5) is 39.6. The number of aliphatic hydroxyl groups is 1. The van der Waals surface area contributed by atoms with Crippen molar-refractivity contribution < 1.29 is 58.5 Å². The molecule has 4 aliphatic rings. The Morgan fingerprint density at radius 1 is 0.841 bits per heavy atom. The Kier molecular flexibility index (Phi) is 20.0. The third-order valence-corrected chi connectivity index (χ3v) is 23.4. The van der Waals surface area contributed by atoms with Crippen LogP contribution in [0.3, 0.4) is 0 Å². The number of carbonyl (C=O) groups is 1. The number of carbonyl (C=O) groups excluding carboxylic acids is 1. The van der Waals surface area contributed by atoms with E-state index in [1.54, 1.807) is 34.6 Å². The van der Waals surface area contributed by atoms with Crippen LogP contribution in [0.4, 0.5) is 22.4 Å². The molecule has 17 nitrogen and oxygen atoms in total. The molecule has 2 aromatic heterocycles. The zero-order chi connectivity index (χ0) is 61.0. The molecule has 0 bridgehead atoms. The molecule has 0 radical (unpaired) electrons. The molecule has 0 unspecified atom stereocenters. The first-order valence-corrected chi connectivity index (χ1v) is 34.6. The second-order valence-electron chi connectivity index (χ2n) is 22.1. The fourth-order valence-electron chi connectivity index (χ4n) is 9.06. The molecule has 1 amide bonds. The van der Waals surface area contributed by atoms with Gasteiger partial charge in [-0.15, -0.1) is 12.8 Å². The highest BCUT2D eigenvalue weighted by molar-refractivity contribution is 8.24. The van der Waals surface area contributed by atoms with Gasteiger partial charge in [0.25, 0.3) is 0 Å². The first-order valence-electron chi connectivity index (χ1n) is 25.1. The topological polar surface area (TPSA) is 239 Å². The van der Waals surface area contributed by atoms with E-state index in [-0.39, 0.29) is 70.2 Å². The number of amides is 1. The van der Waals surface area contributed by atoms with Gasteiger partial charge in [0.1, 0.15) is 55.3 Å². The molecule has 6 atom stereocenters. The number of nitrogens with zero attached hydrogens (tertiary/aromatic N) is 7. The summed E-state index contributed by atoms with van der Waals surface area (Å²) in [5.41, 5.74) is 3.17. The summed E-state index contributed by atoms with van der Waals surface area (Å²) >= 11 is 7.71. The van der Waals surface area contributed by atoms with Crippen LogP contribution >= 0.6 is 35.1 Å². The van der Waals surface area contributed by atoms with Crippen molar-refractivity contribution in [2.75, 3.05) is 39.1 Å². The molecule has 8 rings (SSSR count). The lowest BCUT2D eigenvalue weighted by Crippen LogP contribution is -2.47. The summed E-state index contributed by atoms with van der Waals surface area (Å²) < 4.78 is 126. The van der Waals surface area contributed by atoms with Crippen molar-refractivity contribution in [1.82, 2.24) is 24.8 Å². The van der Waals surface area contributed by atoms with Gasteiger partial charge in [0.15, 0.2) is 48.3 Å². The van der Waals surface area contributed by atoms with Gasteiger partial charge >= 0.3 is 6.09 Å². The summed E-state index contributed by atoms with van der Waals surface area (Å²) in [6.07, 6.45) is 18.8. The number of halogens is 5. The highest BCUT2D eigenvalue weighted by Crippen LogP contribution is 2.70. The summed E-state index contributed by atoms with van der Waals surface area (Å²) in [6, 6.07) is 8.89. The molecule has 2 aromatic carbocycles. The molecule has 4 aromatic rings. The summed E-state index contributed by atoms with van der Waals surface area (Å²) in [5, 5.41) is 7.86. The van der Waals surface area contributed by atoms with Crippen molar-refractivity contribution >= 4 is 103 Å². The number of aliphatic imine (C=N–C) groups is 2. The zero-order valence-electron chi connectivity index (χ0n) is 46.6. The molecule has 0 spiro atoms. The maximum atomic E-state index is 15.7. The molecule has 440 valence electrons. The number of aromatic nitrogens is 4. The summed E-state index contributed by atoms with van der Waals surface area (Å²) in [5.74, 6) is 0.687. The van der Waals surface area contributed by atoms with Crippen molar-refractivity contribution in [3.63, 3.8) is 0 Å². The Labute approximate surface area is 490 Å². The number of nitrogens with two attached hydrogens (primary N) is 1. The average molecular weight is 1250 g/mol. The standard InChI is InChI=1S/C30H39ClF2N4O5S2Si.C22H20F2N4O3S2.C3H4O/c1-28(2,3)42-27(38)37(18-41-11-12-45(6,7)8)26-36-29(4,24-15-30(24,43-26)44(5,39)40)20-13-19(9-10-21(20)32)14-22(33)23-16-35-25(31)17-34-23;1-4-7-31-19-12-26-17(11-27-19)16(24)9-13-5-6-15(23)14(8-13)21(2)18-10-22(18,33(3,29)30)32-20(25)28-21;1-2-3-4/h9-10,13-14,16-17,24H,11-12,15,18H2,1-8H3;1,5-6,8-9,11-12,18H,7,10H2,2-3H3,(H2,25,28);1,4H,3H2/b22-14-;16-9-;/t24-,29+,30+;18-,21+,22+;/m00./s1. The van der Waals surface area contributed by atoms with Gasteiger partial charge in [0, 0.05) is 50.2 Å². The van der Waals surface area contributed by atoms with E-state index in [2.05, 4.69) is 56.9 Å². The van der Waals surface area contributed by atoms with E-state index in [9.17, 15) is 30.4 Å². The van der Waals surface area contributed by atoms with Gasteiger partial charge in [-0.25, -0.2) is 64.0 Å². The van der Waals surface area contributed by atoms with E-state index in [4.69, 9.17) is 48.1 Å². The van der Waals surface area contributed by atoms with Crippen LogP contribution in [-0.2, 0) is 40.2 Å². The van der Waals surface area contributed by atoms with Gasteiger partial charge in [0.2, 0.25) is 5.88 Å². The van der Waals surface area contributed by atoms with Crippen LogP contribution in [-0.4, -0.2) is 124 Å². The molecule has 3 N–H and O–H groups in total. The number of fused-ring (bicyclic) bond motifs is 2. The van der Waals surface area contributed by atoms with E-state index in [1.165, 1.54) is 78.2 Å². The molecular formula is C55H63ClF4N8O9S4Si. The van der Waals surface area contributed by atoms with E-state index in [0.717, 1.165) is 42.1 Å². The van der Waals surface area contributed by atoms with Crippen LogP contribution in [0.5, 0.6) is 5.88 Å². The molecule has 82 heavy (non-hydrogen) atoms. The van der Waals surface area contributed by atoms with Crippen LogP contribution < -0.4 is 10.5 Å². The molecule has 2 fully saturated rings. The van der Waals surface area contributed by atoms with Gasteiger partial charge < -0.3 is 25.1 Å². The lowest BCUT2D eigenvalue weighted by molar-refractivity contribution is 0.0110. The highest BCUT2D eigenvalue weighted by Gasteiger charge is 2.73. The number of aliphatic hydroxyl groups excluding tert-OH is 1. The largest absolute Gasteiger partial charge is 0.463 e. The highest BCUT2D eigenvalue weighted by atomic mass is 35.5. The predicted molar refractivity (Wildman–Crippen MR) is 317 cm³/mol. The van der Waals surface area contributed by atoms with Crippen LogP contribution in [0.1, 0.15) is 81.1 Å². The lowest BCUT2D eigenvalue weighted by Gasteiger charge is -2.37. The normalized spacial score (nSPS) is 24.0. The first kappa shape index (κ1) is 65.3.